The molecule has 2 saturated heterocycles. The minimum absolute atomic E-state index is 0.226. The van der Waals surface area contributed by atoms with E-state index in [0.29, 0.717) is 26.3 Å². The first-order valence-corrected chi connectivity index (χ1v) is 5.06. The van der Waals surface area contributed by atoms with Crippen LogP contribution < -0.4 is 5.32 Å². The van der Waals surface area contributed by atoms with Crippen molar-refractivity contribution >= 4 is 5.91 Å². The number of carbonyl (C=O) groups is 1. The van der Waals surface area contributed by atoms with Crippen LogP contribution in [0.5, 0.6) is 0 Å². The fraction of sp³-hybridized carbons (Fsp3) is 0.889. The molecule has 0 aliphatic carbocycles. The summed E-state index contributed by atoms with van der Waals surface area (Å²) in [5, 5.41) is 2.56. The Bertz CT molecular complexity index is 254. The molecule has 2 aliphatic rings. The minimum atomic E-state index is -2.74. The monoisotopic (exact) mass is 220 g/mol. The largest absolute Gasteiger partial charge is 0.378 e. The van der Waals surface area contributed by atoms with Crippen LogP contribution in [-0.2, 0) is 9.53 Å². The number of halogens is 2. The first kappa shape index (κ1) is 10.8. The maximum atomic E-state index is 12.9. The van der Waals surface area contributed by atoms with Gasteiger partial charge in [-0.1, -0.05) is 0 Å². The van der Waals surface area contributed by atoms with Crippen LogP contribution in [0.3, 0.4) is 0 Å². The number of ether oxygens (including phenoxy) is 1. The van der Waals surface area contributed by atoms with Crippen LogP contribution in [0.2, 0.25) is 0 Å². The maximum absolute atomic E-state index is 12.9. The maximum Gasteiger partial charge on any atom is 0.262 e. The van der Waals surface area contributed by atoms with E-state index in [4.69, 9.17) is 4.74 Å². The van der Waals surface area contributed by atoms with Crippen LogP contribution in [0.4, 0.5) is 8.78 Å². The molecular weight excluding hydrogens is 206 g/mol. The van der Waals surface area contributed by atoms with Gasteiger partial charge in [-0.05, 0) is 0 Å². The van der Waals surface area contributed by atoms with Gasteiger partial charge in [0.2, 0.25) is 5.91 Å². The van der Waals surface area contributed by atoms with Crippen LogP contribution in [0, 0.1) is 0 Å². The SMILES string of the molecule is O=C([C@H]1CC(F)(F)CN1)N1CCOCC1. The number of alkyl halides is 2. The highest BCUT2D eigenvalue weighted by Crippen LogP contribution is 2.26. The fourth-order valence-electron chi connectivity index (χ4n) is 1.89. The van der Waals surface area contributed by atoms with Gasteiger partial charge in [0, 0.05) is 19.5 Å². The van der Waals surface area contributed by atoms with Crippen LogP contribution in [0.25, 0.3) is 0 Å². The Morgan fingerprint density at radius 3 is 2.60 bits per heavy atom. The van der Waals surface area contributed by atoms with Crippen LogP contribution in [0.15, 0.2) is 0 Å². The second-order valence-electron chi connectivity index (χ2n) is 3.93. The van der Waals surface area contributed by atoms with Gasteiger partial charge in [-0.25, -0.2) is 8.78 Å². The van der Waals surface area contributed by atoms with Gasteiger partial charge < -0.3 is 9.64 Å². The molecule has 86 valence electrons. The predicted octanol–water partition coefficient (Wildman–Crippen LogP) is -0.158. The number of morpholine rings is 1. The molecule has 0 aromatic carbocycles. The molecule has 2 fully saturated rings. The summed E-state index contributed by atoms with van der Waals surface area (Å²) in [5.74, 6) is -2.97. The third-order valence-electron chi connectivity index (χ3n) is 2.73. The normalized spacial score (nSPS) is 30.5. The summed E-state index contributed by atoms with van der Waals surface area (Å²) in [4.78, 5) is 13.3. The summed E-state index contributed by atoms with van der Waals surface area (Å²) in [6.45, 7) is 1.60. The van der Waals surface area contributed by atoms with Crippen LogP contribution in [0.1, 0.15) is 6.42 Å². The summed E-state index contributed by atoms with van der Waals surface area (Å²) in [6.07, 6.45) is -0.386. The summed E-state index contributed by atoms with van der Waals surface area (Å²) in [6, 6.07) is -0.724. The predicted molar refractivity (Wildman–Crippen MR) is 48.8 cm³/mol. The molecule has 2 heterocycles. The molecule has 4 nitrogen and oxygen atoms in total. The lowest BCUT2D eigenvalue weighted by atomic mass is 10.1. The molecule has 2 rings (SSSR count). The van der Waals surface area contributed by atoms with Crippen molar-refractivity contribution in [3.63, 3.8) is 0 Å². The van der Waals surface area contributed by atoms with Gasteiger partial charge in [-0.3, -0.25) is 10.1 Å². The Morgan fingerprint density at radius 2 is 2.07 bits per heavy atom. The van der Waals surface area contributed by atoms with Crippen molar-refractivity contribution in [3.05, 3.63) is 0 Å². The van der Waals surface area contributed by atoms with E-state index in [1.54, 1.807) is 4.90 Å². The van der Waals surface area contributed by atoms with Crippen molar-refractivity contribution in [2.45, 2.75) is 18.4 Å². The molecule has 15 heavy (non-hydrogen) atoms. The molecule has 0 aromatic rings. The van der Waals surface area contributed by atoms with E-state index in [-0.39, 0.29) is 12.3 Å². The summed E-state index contributed by atoms with van der Waals surface area (Å²) in [5.41, 5.74) is 0. The molecule has 0 aromatic heterocycles. The Hall–Kier alpha value is -0.750. The van der Waals surface area contributed by atoms with Crippen molar-refractivity contribution in [2.75, 3.05) is 32.8 Å². The standard InChI is InChI=1S/C9H14F2N2O2/c10-9(11)5-7(12-6-9)8(14)13-1-3-15-4-2-13/h7,12H,1-6H2/t7-/m1/s1. The summed E-state index contributed by atoms with van der Waals surface area (Å²) >= 11 is 0. The molecule has 0 spiro atoms. The zero-order chi connectivity index (χ0) is 10.9. The van der Waals surface area contributed by atoms with Crippen molar-refractivity contribution in [1.29, 1.82) is 0 Å². The number of amides is 1. The van der Waals surface area contributed by atoms with Crippen LogP contribution >= 0.6 is 0 Å². The lowest BCUT2D eigenvalue weighted by Crippen LogP contribution is -2.48. The number of hydrogen-bond acceptors (Lipinski definition) is 3. The zero-order valence-corrected chi connectivity index (χ0v) is 8.34. The second-order valence-corrected chi connectivity index (χ2v) is 3.93. The molecule has 2 aliphatic heterocycles. The van der Waals surface area contributed by atoms with Gasteiger partial charge in [-0.15, -0.1) is 0 Å². The highest BCUT2D eigenvalue weighted by atomic mass is 19.3. The van der Waals surface area contributed by atoms with Gasteiger partial charge in [0.1, 0.15) is 0 Å². The van der Waals surface area contributed by atoms with E-state index >= 15 is 0 Å². The van der Waals surface area contributed by atoms with Crippen molar-refractivity contribution < 1.29 is 18.3 Å². The third kappa shape index (κ3) is 2.43. The summed E-state index contributed by atoms with van der Waals surface area (Å²) < 4.78 is 30.8. The highest BCUT2D eigenvalue weighted by molar-refractivity contribution is 5.82. The lowest BCUT2D eigenvalue weighted by molar-refractivity contribution is -0.137. The molecule has 1 atom stereocenters. The average molecular weight is 220 g/mol. The number of rotatable bonds is 1. The van der Waals surface area contributed by atoms with Crippen molar-refractivity contribution in [3.8, 4) is 0 Å². The first-order chi connectivity index (χ1) is 7.08. The number of hydrogen-bond donors (Lipinski definition) is 1. The van der Waals surface area contributed by atoms with E-state index in [0.717, 1.165) is 0 Å². The van der Waals surface area contributed by atoms with E-state index < -0.39 is 18.5 Å². The zero-order valence-electron chi connectivity index (χ0n) is 8.34. The van der Waals surface area contributed by atoms with Crippen molar-refractivity contribution in [2.24, 2.45) is 0 Å². The topological polar surface area (TPSA) is 41.6 Å². The quantitative estimate of drug-likeness (QED) is 0.667. The summed E-state index contributed by atoms with van der Waals surface area (Å²) in [7, 11) is 0. The Labute approximate surface area is 86.6 Å². The van der Waals surface area contributed by atoms with Gasteiger partial charge in [0.05, 0.1) is 25.8 Å². The Morgan fingerprint density at radius 1 is 1.40 bits per heavy atom. The number of carbonyl (C=O) groups excluding carboxylic acids is 1. The fourth-order valence-corrected chi connectivity index (χ4v) is 1.89. The Balaban J connectivity index is 1.90. The lowest BCUT2D eigenvalue weighted by Gasteiger charge is -2.29. The van der Waals surface area contributed by atoms with Gasteiger partial charge in [-0.2, -0.15) is 0 Å². The first-order valence-electron chi connectivity index (χ1n) is 5.06. The second kappa shape index (κ2) is 4.02. The number of nitrogens with one attached hydrogen (secondary N) is 1. The minimum Gasteiger partial charge on any atom is -0.378 e. The molecule has 0 unspecified atom stereocenters. The molecule has 1 amide bonds. The molecule has 0 bridgehead atoms. The smallest absolute Gasteiger partial charge is 0.262 e. The van der Waals surface area contributed by atoms with Gasteiger partial charge in [0.25, 0.3) is 5.92 Å². The van der Waals surface area contributed by atoms with Gasteiger partial charge in [0.15, 0.2) is 0 Å². The van der Waals surface area contributed by atoms with E-state index in [2.05, 4.69) is 5.32 Å². The molecule has 0 radical (unpaired) electrons. The van der Waals surface area contributed by atoms with Crippen molar-refractivity contribution in [1.82, 2.24) is 10.2 Å². The van der Waals surface area contributed by atoms with Gasteiger partial charge >= 0.3 is 0 Å². The molecular formula is C9H14F2N2O2. The molecule has 0 saturated carbocycles. The highest BCUT2D eigenvalue weighted by Gasteiger charge is 2.43. The number of nitrogens with zero attached hydrogens (tertiary/aromatic N) is 1. The molecule has 6 heteroatoms. The van der Waals surface area contributed by atoms with E-state index in [9.17, 15) is 13.6 Å². The van der Waals surface area contributed by atoms with E-state index in [1.165, 1.54) is 0 Å². The van der Waals surface area contributed by atoms with Crippen LogP contribution in [-0.4, -0.2) is 55.6 Å². The average Bonchev–Trinajstić information content (AvgIpc) is 2.59. The Kier molecular flexibility index (Phi) is 2.88. The van der Waals surface area contributed by atoms with E-state index in [1.807, 2.05) is 0 Å². The molecule has 1 N–H and O–H groups in total. The third-order valence-corrected chi connectivity index (χ3v) is 2.73.